The first-order valence-corrected chi connectivity index (χ1v) is 14.1. The Morgan fingerprint density at radius 3 is 1.70 bits per heavy atom. The van der Waals surface area contributed by atoms with Crippen LogP contribution >= 0.6 is 0 Å². The second kappa shape index (κ2) is 14.6. The Bertz CT molecular complexity index is 1700. The number of hydrogen-bond donors (Lipinski definition) is 1. The highest BCUT2D eigenvalue weighted by Gasteiger charge is 2.52. The largest absolute Gasteiger partial charge is 0.471 e. The monoisotopic (exact) mass is 649 g/mol. The van der Waals surface area contributed by atoms with Crippen LogP contribution < -0.4 is 10.1 Å². The molecule has 1 fully saturated rings. The van der Waals surface area contributed by atoms with E-state index >= 15 is 0 Å². The van der Waals surface area contributed by atoms with Crippen LogP contribution in [-0.2, 0) is 23.7 Å². The molecule has 1 unspecified atom stereocenters. The van der Waals surface area contributed by atoms with Crippen LogP contribution in [-0.4, -0.2) is 61.2 Å². The Kier molecular flexibility index (Phi) is 10.2. The topological polar surface area (TPSA) is 126 Å². The number of anilines is 1. The number of hydrogen-bond acceptors (Lipinski definition) is 9. The molecule has 1 aliphatic heterocycles. The van der Waals surface area contributed by atoms with E-state index in [2.05, 4.69) is 0 Å². The summed E-state index contributed by atoms with van der Waals surface area (Å²) in [5.41, 5.74) is 0.301. The molecule has 1 amide bonds. The number of nitrogens with one attached hydrogen (secondary N) is 1. The summed E-state index contributed by atoms with van der Waals surface area (Å²) in [5.74, 6) is -4.64. The quantitative estimate of drug-likeness (QED) is 0.173. The highest BCUT2D eigenvalue weighted by molar-refractivity contribution is 5.95. The van der Waals surface area contributed by atoms with Crippen LogP contribution in [0.1, 0.15) is 31.1 Å². The number of alkyl halides is 3. The molecule has 1 N–H and O–H groups in total. The van der Waals surface area contributed by atoms with Gasteiger partial charge in [0.05, 0.1) is 16.7 Å². The van der Waals surface area contributed by atoms with E-state index in [-0.39, 0.29) is 28.1 Å². The van der Waals surface area contributed by atoms with Crippen LogP contribution in [0.2, 0.25) is 0 Å². The number of halogens is 3. The zero-order valence-electron chi connectivity index (χ0n) is 24.3. The van der Waals surface area contributed by atoms with E-state index in [0.29, 0.717) is 0 Å². The smallest absolute Gasteiger partial charge is 0.461 e. The minimum Gasteiger partial charge on any atom is -0.461 e. The number of ether oxygens (including phenoxy) is 5. The lowest BCUT2D eigenvalue weighted by molar-refractivity contribution is -0.167. The lowest BCUT2D eigenvalue weighted by atomic mass is 10.1. The van der Waals surface area contributed by atoms with Gasteiger partial charge >= 0.3 is 30.0 Å². The van der Waals surface area contributed by atoms with Crippen molar-refractivity contribution >= 4 is 29.5 Å². The molecule has 242 valence electrons. The van der Waals surface area contributed by atoms with Crippen LogP contribution in [0.4, 0.5) is 18.9 Å². The molecule has 4 aromatic rings. The molecule has 0 bridgehead atoms. The Morgan fingerprint density at radius 1 is 0.660 bits per heavy atom. The maximum absolute atomic E-state index is 13.2. The van der Waals surface area contributed by atoms with Crippen molar-refractivity contribution in [1.82, 2.24) is 0 Å². The van der Waals surface area contributed by atoms with E-state index in [4.69, 9.17) is 23.7 Å². The first-order chi connectivity index (χ1) is 22.6. The molecular weight excluding hydrogens is 623 g/mol. The summed E-state index contributed by atoms with van der Waals surface area (Å²) in [5, 5.41) is 1.73. The molecule has 4 atom stereocenters. The molecule has 13 heteroatoms. The summed E-state index contributed by atoms with van der Waals surface area (Å²) in [6, 6.07) is 28.8. The standard InChI is InChI=1S/C34H26F3NO9/c35-34(36,37)33(42)38-24-17-10-18-25(19-24)44-32-28(47-31(41)23-15-8-3-9-16-23)27(46-30(40)22-13-6-2-7-14-22)26(45-32)20-43-29(39)21-11-4-1-5-12-21/h1-19,26-28,32H,20H2,(H,38,42)/t26-,27-,28-,32?/m1/s1. The van der Waals surface area contributed by atoms with Gasteiger partial charge < -0.3 is 29.0 Å². The van der Waals surface area contributed by atoms with E-state index in [1.165, 1.54) is 54.6 Å². The number of carbonyl (C=O) groups is 4. The Labute approximate surface area is 266 Å². The average molecular weight is 650 g/mol. The molecule has 1 saturated heterocycles. The van der Waals surface area contributed by atoms with Gasteiger partial charge in [0.1, 0.15) is 18.5 Å². The fraction of sp³-hybridized carbons (Fsp3) is 0.176. The summed E-state index contributed by atoms with van der Waals surface area (Å²) in [6.07, 6.45) is -10.8. The minimum atomic E-state index is -5.14. The van der Waals surface area contributed by atoms with Gasteiger partial charge in [-0.15, -0.1) is 0 Å². The van der Waals surface area contributed by atoms with Gasteiger partial charge in [0, 0.05) is 11.8 Å². The van der Waals surface area contributed by atoms with E-state index in [1.54, 1.807) is 59.9 Å². The third kappa shape index (κ3) is 8.52. The van der Waals surface area contributed by atoms with Gasteiger partial charge in [-0.2, -0.15) is 13.2 Å². The second-order valence-corrected chi connectivity index (χ2v) is 10.1. The predicted octanol–water partition coefficient (Wildman–Crippen LogP) is 5.60. The predicted molar refractivity (Wildman–Crippen MR) is 158 cm³/mol. The van der Waals surface area contributed by atoms with E-state index in [1.807, 2.05) is 0 Å². The highest BCUT2D eigenvalue weighted by Crippen LogP contribution is 2.32. The second-order valence-electron chi connectivity index (χ2n) is 10.1. The minimum absolute atomic E-state index is 0.0919. The number of carbonyl (C=O) groups excluding carboxylic acids is 4. The van der Waals surface area contributed by atoms with Crippen molar-refractivity contribution in [3.8, 4) is 5.75 Å². The number of esters is 3. The van der Waals surface area contributed by atoms with Gasteiger partial charge in [-0.3, -0.25) is 4.79 Å². The molecule has 0 aliphatic carbocycles. The van der Waals surface area contributed by atoms with Crippen molar-refractivity contribution in [3.63, 3.8) is 0 Å². The molecule has 0 saturated carbocycles. The number of benzene rings is 4. The van der Waals surface area contributed by atoms with E-state index in [0.717, 1.165) is 6.07 Å². The molecule has 0 aromatic heterocycles. The maximum Gasteiger partial charge on any atom is 0.471 e. The molecule has 1 heterocycles. The molecule has 1 aliphatic rings. The number of rotatable bonds is 10. The van der Waals surface area contributed by atoms with Crippen LogP contribution in [0.3, 0.4) is 0 Å². The first kappa shape index (κ1) is 32.7. The van der Waals surface area contributed by atoms with Crippen molar-refractivity contribution in [3.05, 3.63) is 132 Å². The summed E-state index contributed by atoms with van der Waals surface area (Å²) in [6.45, 7) is -0.471. The average Bonchev–Trinajstić information content (AvgIpc) is 3.38. The van der Waals surface area contributed by atoms with E-state index < -0.39 is 61.2 Å². The van der Waals surface area contributed by atoms with Crippen molar-refractivity contribution < 1.29 is 56.0 Å². The summed E-state index contributed by atoms with van der Waals surface area (Å²) in [4.78, 5) is 50.6. The molecule has 4 aromatic carbocycles. The third-order valence-electron chi connectivity index (χ3n) is 6.76. The maximum atomic E-state index is 13.2. The molecule has 5 rings (SSSR count). The SMILES string of the molecule is O=C(OC[C@H]1OC(Oc2cccc(NC(=O)C(F)(F)F)c2)[C@H](OC(=O)c2ccccc2)[C@@H]1OC(=O)c1ccccc1)c1ccccc1. The lowest BCUT2D eigenvalue weighted by Gasteiger charge is -2.24. The van der Waals surface area contributed by atoms with Gasteiger partial charge in [-0.25, -0.2) is 14.4 Å². The zero-order chi connectivity index (χ0) is 33.4. The van der Waals surface area contributed by atoms with Crippen LogP contribution in [0.25, 0.3) is 0 Å². The summed E-state index contributed by atoms with van der Waals surface area (Å²) < 4.78 is 67.4. The first-order valence-electron chi connectivity index (χ1n) is 14.1. The van der Waals surface area contributed by atoms with Gasteiger partial charge in [0.25, 0.3) is 0 Å². The molecule has 47 heavy (non-hydrogen) atoms. The Balaban J connectivity index is 1.44. The van der Waals surface area contributed by atoms with Crippen LogP contribution in [0.5, 0.6) is 5.75 Å². The van der Waals surface area contributed by atoms with E-state index in [9.17, 15) is 32.3 Å². The van der Waals surface area contributed by atoms with Crippen LogP contribution in [0.15, 0.2) is 115 Å². The normalized spacial score (nSPS) is 18.9. The lowest BCUT2D eigenvalue weighted by Crippen LogP contribution is -2.43. The summed E-state index contributed by atoms with van der Waals surface area (Å²) >= 11 is 0. The van der Waals surface area contributed by atoms with Gasteiger partial charge in [-0.1, -0.05) is 60.7 Å². The van der Waals surface area contributed by atoms with Crippen molar-refractivity contribution in [2.75, 3.05) is 11.9 Å². The molecule has 0 radical (unpaired) electrons. The van der Waals surface area contributed by atoms with Crippen molar-refractivity contribution in [2.24, 2.45) is 0 Å². The van der Waals surface area contributed by atoms with Gasteiger partial charge in [0.15, 0.2) is 6.10 Å². The Hall–Kier alpha value is -5.69. The third-order valence-corrected chi connectivity index (χ3v) is 6.76. The molecule has 10 nitrogen and oxygen atoms in total. The molecule has 0 spiro atoms. The fourth-order valence-corrected chi connectivity index (χ4v) is 4.52. The van der Waals surface area contributed by atoms with Crippen molar-refractivity contribution in [2.45, 2.75) is 30.8 Å². The highest BCUT2D eigenvalue weighted by atomic mass is 19.4. The Morgan fingerprint density at radius 2 is 1.17 bits per heavy atom. The zero-order valence-corrected chi connectivity index (χ0v) is 24.3. The van der Waals surface area contributed by atoms with Gasteiger partial charge in [-0.05, 0) is 48.5 Å². The van der Waals surface area contributed by atoms with Crippen molar-refractivity contribution in [1.29, 1.82) is 0 Å². The molecular formula is C34H26F3NO9. The van der Waals surface area contributed by atoms with Crippen LogP contribution in [0, 0.1) is 0 Å². The van der Waals surface area contributed by atoms with Gasteiger partial charge in [0.2, 0.25) is 12.4 Å². The fourth-order valence-electron chi connectivity index (χ4n) is 4.52. The number of amides is 1. The summed E-state index contributed by atoms with van der Waals surface area (Å²) in [7, 11) is 0.